The maximum atomic E-state index is 5.88. The van der Waals surface area contributed by atoms with Crippen LogP contribution in [0.2, 0.25) is 5.28 Å². The molecule has 2 N–H and O–H groups in total. The lowest BCUT2D eigenvalue weighted by molar-refractivity contribution is 0.577. The molecule has 0 aliphatic heterocycles. The van der Waals surface area contributed by atoms with Crippen LogP contribution < -0.4 is 10.6 Å². The summed E-state index contributed by atoms with van der Waals surface area (Å²) in [7, 11) is 0. The maximum absolute atomic E-state index is 5.88. The monoisotopic (exact) mass is 269 g/mol. The Balaban J connectivity index is 1.91. The first-order valence-electron chi connectivity index (χ1n) is 6.67. The van der Waals surface area contributed by atoms with Gasteiger partial charge in [0.1, 0.15) is 0 Å². The lowest BCUT2D eigenvalue weighted by atomic mass is 10.1. The number of nitrogens with one attached hydrogen (secondary N) is 2. The van der Waals surface area contributed by atoms with E-state index < -0.39 is 0 Å². The SMILES string of the molecule is CCCNc1nc(Cl)nc(NCC2CCCC2)n1. The summed E-state index contributed by atoms with van der Waals surface area (Å²) in [6.07, 6.45) is 6.30. The number of hydrogen-bond donors (Lipinski definition) is 2. The summed E-state index contributed by atoms with van der Waals surface area (Å²) in [6, 6.07) is 0. The summed E-state index contributed by atoms with van der Waals surface area (Å²) in [6.45, 7) is 3.85. The molecule has 1 aromatic rings. The van der Waals surface area contributed by atoms with Crippen molar-refractivity contribution in [2.24, 2.45) is 5.92 Å². The Hall–Kier alpha value is -1.10. The number of nitrogens with zero attached hydrogens (tertiary/aromatic N) is 3. The molecule has 1 fully saturated rings. The van der Waals surface area contributed by atoms with Crippen molar-refractivity contribution in [3.8, 4) is 0 Å². The van der Waals surface area contributed by atoms with E-state index in [2.05, 4.69) is 32.5 Å². The average molecular weight is 270 g/mol. The fraction of sp³-hybridized carbons (Fsp3) is 0.750. The zero-order valence-corrected chi connectivity index (χ0v) is 11.5. The van der Waals surface area contributed by atoms with E-state index in [1.165, 1.54) is 25.7 Å². The van der Waals surface area contributed by atoms with E-state index in [-0.39, 0.29) is 5.28 Å². The number of halogens is 1. The van der Waals surface area contributed by atoms with Gasteiger partial charge in [-0.1, -0.05) is 19.8 Å². The second-order valence-corrected chi connectivity index (χ2v) is 5.05. The number of aromatic nitrogens is 3. The molecule has 1 aromatic heterocycles. The zero-order chi connectivity index (χ0) is 12.8. The number of anilines is 2. The van der Waals surface area contributed by atoms with Gasteiger partial charge in [0.25, 0.3) is 0 Å². The van der Waals surface area contributed by atoms with Crippen LogP contribution in [0.3, 0.4) is 0 Å². The van der Waals surface area contributed by atoms with Crippen molar-refractivity contribution in [3.05, 3.63) is 5.28 Å². The van der Waals surface area contributed by atoms with Crippen molar-refractivity contribution in [1.29, 1.82) is 0 Å². The van der Waals surface area contributed by atoms with Crippen molar-refractivity contribution >= 4 is 23.5 Å². The minimum atomic E-state index is 0.234. The van der Waals surface area contributed by atoms with Gasteiger partial charge >= 0.3 is 0 Å². The van der Waals surface area contributed by atoms with Gasteiger partial charge in [0.2, 0.25) is 17.2 Å². The van der Waals surface area contributed by atoms with Crippen molar-refractivity contribution in [2.45, 2.75) is 39.0 Å². The van der Waals surface area contributed by atoms with Crippen LogP contribution in [0.1, 0.15) is 39.0 Å². The third-order valence-corrected chi connectivity index (χ3v) is 3.33. The third kappa shape index (κ3) is 3.98. The van der Waals surface area contributed by atoms with Gasteiger partial charge in [0.05, 0.1) is 0 Å². The predicted octanol–water partition coefficient (Wildman–Crippen LogP) is 2.95. The molecule has 1 heterocycles. The highest BCUT2D eigenvalue weighted by Gasteiger charge is 2.15. The summed E-state index contributed by atoms with van der Waals surface area (Å²) < 4.78 is 0. The molecular weight excluding hydrogens is 250 g/mol. The first kappa shape index (κ1) is 13.3. The first-order valence-corrected chi connectivity index (χ1v) is 7.05. The predicted molar refractivity (Wildman–Crippen MR) is 74.1 cm³/mol. The highest BCUT2D eigenvalue weighted by molar-refractivity contribution is 6.28. The summed E-state index contributed by atoms with van der Waals surface area (Å²) in [5.41, 5.74) is 0. The summed E-state index contributed by atoms with van der Waals surface area (Å²) >= 11 is 5.88. The Morgan fingerprint density at radius 2 is 1.78 bits per heavy atom. The van der Waals surface area contributed by atoms with Gasteiger partial charge in [0.15, 0.2) is 0 Å². The number of rotatable bonds is 6. The topological polar surface area (TPSA) is 62.7 Å². The molecule has 0 atom stereocenters. The van der Waals surface area contributed by atoms with Gasteiger partial charge < -0.3 is 10.6 Å². The van der Waals surface area contributed by atoms with Gasteiger partial charge in [-0.15, -0.1) is 0 Å². The van der Waals surface area contributed by atoms with Crippen molar-refractivity contribution in [3.63, 3.8) is 0 Å². The molecule has 0 unspecified atom stereocenters. The van der Waals surface area contributed by atoms with Crippen molar-refractivity contribution in [1.82, 2.24) is 15.0 Å². The van der Waals surface area contributed by atoms with Crippen LogP contribution in [0.5, 0.6) is 0 Å². The molecule has 0 spiro atoms. The molecule has 0 aromatic carbocycles. The highest BCUT2D eigenvalue weighted by atomic mass is 35.5. The Kier molecular flexibility index (Phi) is 4.99. The van der Waals surface area contributed by atoms with Gasteiger partial charge in [-0.25, -0.2) is 0 Å². The molecule has 100 valence electrons. The van der Waals surface area contributed by atoms with E-state index in [1.54, 1.807) is 0 Å². The van der Waals surface area contributed by atoms with Crippen molar-refractivity contribution < 1.29 is 0 Å². The van der Waals surface area contributed by atoms with Crippen molar-refractivity contribution in [2.75, 3.05) is 23.7 Å². The fourth-order valence-electron chi connectivity index (χ4n) is 2.20. The van der Waals surface area contributed by atoms with Gasteiger partial charge in [-0.2, -0.15) is 15.0 Å². The third-order valence-electron chi connectivity index (χ3n) is 3.16. The lowest BCUT2D eigenvalue weighted by Gasteiger charge is -2.11. The van der Waals surface area contributed by atoms with Gasteiger partial charge in [0, 0.05) is 13.1 Å². The Morgan fingerprint density at radius 1 is 1.11 bits per heavy atom. The van der Waals surface area contributed by atoms with Crippen LogP contribution >= 0.6 is 11.6 Å². The highest BCUT2D eigenvalue weighted by Crippen LogP contribution is 2.24. The molecule has 1 aliphatic rings. The second-order valence-electron chi connectivity index (χ2n) is 4.71. The van der Waals surface area contributed by atoms with E-state index in [4.69, 9.17) is 11.6 Å². The molecule has 1 saturated carbocycles. The van der Waals surface area contributed by atoms with E-state index >= 15 is 0 Å². The Bertz CT molecular complexity index is 379. The fourth-order valence-corrected chi connectivity index (χ4v) is 2.36. The molecule has 18 heavy (non-hydrogen) atoms. The van der Waals surface area contributed by atoms with E-state index in [0.717, 1.165) is 25.4 Å². The van der Waals surface area contributed by atoms with E-state index in [0.29, 0.717) is 11.9 Å². The molecule has 5 nitrogen and oxygen atoms in total. The summed E-state index contributed by atoms with van der Waals surface area (Å²) in [5, 5.41) is 6.61. The lowest BCUT2D eigenvalue weighted by Crippen LogP contribution is -2.15. The zero-order valence-electron chi connectivity index (χ0n) is 10.7. The Morgan fingerprint density at radius 3 is 2.44 bits per heavy atom. The quantitative estimate of drug-likeness (QED) is 0.831. The molecule has 0 bridgehead atoms. The molecule has 1 aliphatic carbocycles. The molecule has 0 radical (unpaired) electrons. The van der Waals surface area contributed by atoms with Gasteiger partial charge in [-0.3, -0.25) is 0 Å². The van der Waals surface area contributed by atoms with Crippen LogP contribution in [0.15, 0.2) is 0 Å². The normalized spacial score (nSPS) is 15.9. The molecule has 0 amide bonds. The maximum Gasteiger partial charge on any atom is 0.228 e. The Labute approximate surface area is 113 Å². The van der Waals surface area contributed by atoms with Crippen LogP contribution in [0.4, 0.5) is 11.9 Å². The average Bonchev–Trinajstić information content (AvgIpc) is 2.86. The first-order chi connectivity index (χ1) is 8.78. The standard InChI is InChI=1S/C12H20ClN5/c1-2-7-14-11-16-10(13)17-12(18-11)15-8-9-5-3-4-6-9/h9H,2-8H2,1H3,(H2,14,15,16,17,18). The van der Waals surface area contributed by atoms with E-state index in [9.17, 15) is 0 Å². The molecule has 0 saturated heterocycles. The van der Waals surface area contributed by atoms with Crippen LogP contribution in [0.25, 0.3) is 0 Å². The number of hydrogen-bond acceptors (Lipinski definition) is 5. The minimum absolute atomic E-state index is 0.234. The molecular formula is C12H20ClN5. The minimum Gasteiger partial charge on any atom is -0.354 e. The summed E-state index contributed by atoms with van der Waals surface area (Å²) in [4.78, 5) is 12.4. The molecule has 2 rings (SSSR count). The molecule has 6 heteroatoms. The van der Waals surface area contributed by atoms with Gasteiger partial charge in [-0.05, 0) is 36.8 Å². The van der Waals surface area contributed by atoms with Crippen LogP contribution in [-0.2, 0) is 0 Å². The van der Waals surface area contributed by atoms with Crippen LogP contribution in [0, 0.1) is 5.92 Å². The summed E-state index contributed by atoms with van der Waals surface area (Å²) in [5.74, 6) is 1.86. The van der Waals surface area contributed by atoms with Crippen LogP contribution in [-0.4, -0.2) is 28.0 Å². The second kappa shape index (κ2) is 6.73. The smallest absolute Gasteiger partial charge is 0.228 e. The van der Waals surface area contributed by atoms with E-state index in [1.807, 2.05) is 0 Å². The largest absolute Gasteiger partial charge is 0.354 e.